The first-order valence-electron chi connectivity index (χ1n) is 7.26. The van der Waals surface area contributed by atoms with Crippen molar-refractivity contribution in [1.29, 1.82) is 0 Å². The number of aromatic hydroxyl groups is 1. The Morgan fingerprint density at radius 2 is 1.90 bits per heavy atom. The number of allylic oxidation sites excluding steroid dienone is 3. The van der Waals surface area contributed by atoms with Crippen molar-refractivity contribution in [2.45, 2.75) is 19.8 Å². The number of rotatable bonds is 3. The van der Waals surface area contributed by atoms with Crippen LogP contribution in [0.25, 0.3) is 11.3 Å². The van der Waals surface area contributed by atoms with E-state index in [4.69, 9.17) is 4.74 Å². The first-order chi connectivity index (χ1) is 10.3. The molecule has 0 saturated heterocycles. The molecule has 2 aromatic rings. The third-order valence-electron chi connectivity index (χ3n) is 3.49. The van der Waals surface area contributed by atoms with Crippen LogP contribution in [-0.2, 0) is 0 Å². The summed E-state index contributed by atoms with van der Waals surface area (Å²) in [6.07, 6.45) is 6.42. The first kappa shape index (κ1) is 13.5. The maximum atomic E-state index is 9.69. The van der Waals surface area contributed by atoms with Crippen LogP contribution in [0.4, 0.5) is 0 Å². The molecule has 0 atom stereocenters. The largest absolute Gasteiger partial charge is 0.508 e. The molecule has 0 saturated carbocycles. The van der Waals surface area contributed by atoms with Gasteiger partial charge in [-0.25, -0.2) is 0 Å². The fraction of sp³-hybridized carbons (Fsp3) is 0.158. The third kappa shape index (κ3) is 2.84. The second kappa shape index (κ2) is 5.88. The Morgan fingerprint density at radius 1 is 1.10 bits per heavy atom. The van der Waals surface area contributed by atoms with Gasteiger partial charge in [0.1, 0.15) is 17.3 Å². The van der Waals surface area contributed by atoms with Crippen LogP contribution in [0.5, 0.6) is 11.5 Å². The van der Waals surface area contributed by atoms with Crippen LogP contribution in [0.2, 0.25) is 0 Å². The SMILES string of the molecule is CCC/C=C1\C=C(c2ccccc2)Oc2cc(O)ccc21. The lowest BCUT2D eigenvalue weighted by atomic mass is 9.98. The van der Waals surface area contributed by atoms with E-state index in [-0.39, 0.29) is 5.75 Å². The highest BCUT2D eigenvalue weighted by Gasteiger charge is 2.18. The minimum Gasteiger partial charge on any atom is -0.508 e. The molecule has 1 N–H and O–H groups in total. The van der Waals surface area contributed by atoms with E-state index in [0.717, 1.165) is 35.3 Å². The van der Waals surface area contributed by atoms with Gasteiger partial charge in [0.25, 0.3) is 0 Å². The minimum atomic E-state index is 0.220. The second-order valence-corrected chi connectivity index (χ2v) is 5.11. The zero-order chi connectivity index (χ0) is 14.7. The lowest BCUT2D eigenvalue weighted by molar-refractivity contribution is 0.462. The number of benzene rings is 2. The zero-order valence-corrected chi connectivity index (χ0v) is 12.0. The molecule has 21 heavy (non-hydrogen) atoms. The average molecular weight is 278 g/mol. The van der Waals surface area contributed by atoms with E-state index >= 15 is 0 Å². The number of fused-ring (bicyclic) bond motifs is 1. The van der Waals surface area contributed by atoms with Crippen molar-refractivity contribution in [3.63, 3.8) is 0 Å². The van der Waals surface area contributed by atoms with Crippen LogP contribution in [0.3, 0.4) is 0 Å². The molecule has 3 rings (SSSR count). The summed E-state index contributed by atoms with van der Waals surface area (Å²) in [6.45, 7) is 2.16. The summed E-state index contributed by atoms with van der Waals surface area (Å²) in [7, 11) is 0. The topological polar surface area (TPSA) is 29.5 Å². The number of ether oxygens (including phenoxy) is 1. The van der Waals surface area contributed by atoms with Crippen molar-refractivity contribution in [1.82, 2.24) is 0 Å². The molecule has 1 heterocycles. The van der Waals surface area contributed by atoms with Crippen LogP contribution < -0.4 is 4.74 Å². The monoisotopic (exact) mass is 278 g/mol. The van der Waals surface area contributed by atoms with Gasteiger partial charge >= 0.3 is 0 Å². The van der Waals surface area contributed by atoms with E-state index in [9.17, 15) is 5.11 Å². The molecule has 2 nitrogen and oxygen atoms in total. The molecule has 0 aliphatic carbocycles. The number of unbranched alkanes of at least 4 members (excludes halogenated alkanes) is 1. The molecule has 0 bridgehead atoms. The average Bonchev–Trinajstić information content (AvgIpc) is 2.52. The molecule has 0 spiro atoms. The molecule has 2 aromatic carbocycles. The van der Waals surface area contributed by atoms with Crippen molar-refractivity contribution in [2.75, 3.05) is 0 Å². The highest BCUT2D eigenvalue weighted by molar-refractivity contribution is 5.88. The highest BCUT2D eigenvalue weighted by atomic mass is 16.5. The summed E-state index contributed by atoms with van der Waals surface area (Å²) in [6, 6.07) is 15.3. The van der Waals surface area contributed by atoms with Crippen LogP contribution in [0.15, 0.2) is 60.7 Å². The van der Waals surface area contributed by atoms with Crippen molar-refractivity contribution in [2.24, 2.45) is 0 Å². The van der Waals surface area contributed by atoms with Gasteiger partial charge < -0.3 is 9.84 Å². The van der Waals surface area contributed by atoms with Gasteiger partial charge in [-0.05, 0) is 30.2 Å². The van der Waals surface area contributed by atoms with Crippen molar-refractivity contribution < 1.29 is 9.84 Å². The molecule has 2 heteroatoms. The predicted molar refractivity (Wildman–Crippen MR) is 86.0 cm³/mol. The van der Waals surface area contributed by atoms with Crippen LogP contribution in [0, 0.1) is 0 Å². The van der Waals surface area contributed by atoms with Gasteiger partial charge in [-0.2, -0.15) is 0 Å². The van der Waals surface area contributed by atoms with Crippen molar-refractivity contribution >= 4 is 11.3 Å². The van der Waals surface area contributed by atoms with Crippen molar-refractivity contribution in [3.05, 3.63) is 71.8 Å². The van der Waals surface area contributed by atoms with Gasteiger partial charge in [-0.1, -0.05) is 49.8 Å². The molecule has 0 fully saturated rings. The van der Waals surface area contributed by atoms with E-state index < -0.39 is 0 Å². The molecular formula is C19H18O2. The molecule has 106 valence electrons. The van der Waals surface area contributed by atoms with Gasteiger partial charge in [-0.15, -0.1) is 0 Å². The number of phenols is 1. The normalized spacial score (nSPS) is 15.3. The Morgan fingerprint density at radius 3 is 2.67 bits per heavy atom. The smallest absolute Gasteiger partial charge is 0.138 e. The Kier molecular flexibility index (Phi) is 3.78. The van der Waals surface area contributed by atoms with E-state index in [1.165, 1.54) is 0 Å². The Hall–Kier alpha value is -2.48. The summed E-state index contributed by atoms with van der Waals surface area (Å²) in [5, 5.41) is 9.69. The molecule has 1 aliphatic rings. The highest BCUT2D eigenvalue weighted by Crippen LogP contribution is 2.38. The lowest BCUT2D eigenvalue weighted by Gasteiger charge is -2.21. The fourth-order valence-electron chi connectivity index (χ4n) is 2.41. The maximum absolute atomic E-state index is 9.69. The van der Waals surface area contributed by atoms with Gasteiger partial charge in [0, 0.05) is 17.2 Å². The van der Waals surface area contributed by atoms with E-state index in [1.807, 2.05) is 36.4 Å². The first-order valence-corrected chi connectivity index (χ1v) is 7.26. The predicted octanol–water partition coefficient (Wildman–Crippen LogP) is 5.01. The van der Waals surface area contributed by atoms with Crippen LogP contribution >= 0.6 is 0 Å². The summed E-state index contributed by atoms with van der Waals surface area (Å²) >= 11 is 0. The minimum absolute atomic E-state index is 0.220. The molecular weight excluding hydrogens is 260 g/mol. The Balaban J connectivity index is 2.07. The summed E-state index contributed by atoms with van der Waals surface area (Å²) in [4.78, 5) is 0. The van der Waals surface area contributed by atoms with E-state index in [1.54, 1.807) is 12.1 Å². The molecule has 0 amide bonds. The molecule has 0 unspecified atom stereocenters. The molecule has 1 aliphatic heterocycles. The number of hydrogen-bond acceptors (Lipinski definition) is 2. The van der Waals surface area contributed by atoms with Crippen LogP contribution in [-0.4, -0.2) is 5.11 Å². The summed E-state index contributed by atoms with van der Waals surface area (Å²) in [5.74, 6) is 1.74. The van der Waals surface area contributed by atoms with Crippen molar-refractivity contribution in [3.8, 4) is 11.5 Å². The fourth-order valence-corrected chi connectivity index (χ4v) is 2.41. The zero-order valence-electron chi connectivity index (χ0n) is 12.0. The Labute approximate surface area is 125 Å². The number of phenolic OH excluding ortho intramolecular Hbond substituents is 1. The quantitative estimate of drug-likeness (QED) is 0.855. The van der Waals surface area contributed by atoms with Gasteiger partial charge in [0.2, 0.25) is 0 Å². The van der Waals surface area contributed by atoms with Gasteiger partial charge in [0.15, 0.2) is 0 Å². The third-order valence-corrected chi connectivity index (χ3v) is 3.49. The summed E-state index contributed by atoms with van der Waals surface area (Å²) in [5.41, 5.74) is 3.21. The van der Waals surface area contributed by atoms with Gasteiger partial charge in [-0.3, -0.25) is 0 Å². The van der Waals surface area contributed by atoms with Gasteiger partial charge in [0.05, 0.1) is 0 Å². The number of hydrogen-bond donors (Lipinski definition) is 1. The maximum Gasteiger partial charge on any atom is 0.138 e. The van der Waals surface area contributed by atoms with Crippen LogP contribution in [0.1, 0.15) is 30.9 Å². The van der Waals surface area contributed by atoms with E-state index in [2.05, 4.69) is 19.1 Å². The van der Waals surface area contributed by atoms with E-state index in [0.29, 0.717) is 5.75 Å². The molecule has 0 aromatic heterocycles. The lowest BCUT2D eigenvalue weighted by Crippen LogP contribution is -2.03. The second-order valence-electron chi connectivity index (χ2n) is 5.11. The Bertz CT molecular complexity index is 697. The molecule has 0 radical (unpaired) electrons. The standard InChI is InChI=1S/C19H18O2/c1-2-3-7-15-12-18(14-8-5-4-6-9-14)21-19-13-16(20)10-11-17(15)19/h4-13,20H,2-3H2,1H3/b15-7+. The summed E-state index contributed by atoms with van der Waals surface area (Å²) < 4.78 is 5.97.